The molecule has 3 heteroatoms. The van der Waals surface area contributed by atoms with Crippen molar-refractivity contribution in [1.29, 1.82) is 0 Å². The molecule has 0 unspecified atom stereocenters. The van der Waals surface area contributed by atoms with Crippen LogP contribution < -0.4 is 10.6 Å². The van der Waals surface area contributed by atoms with Gasteiger partial charge < -0.3 is 10.6 Å². The molecule has 1 fully saturated rings. The van der Waals surface area contributed by atoms with E-state index in [1.165, 1.54) is 31.2 Å². The monoisotopic (exact) mass is 276 g/mol. The average molecular weight is 276 g/mol. The summed E-state index contributed by atoms with van der Waals surface area (Å²) >= 11 is 5.41. The van der Waals surface area contributed by atoms with Crippen molar-refractivity contribution in [2.24, 2.45) is 5.92 Å². The van der Waals surface area contributed by atoms with Gasteiger partial charge in [-0.25, -0.2) is 0 Å². The number of rotatable bonds is 3. The highest BCUT2D eigenvalue weighted by Gasteiger charge is 2.21. The summed E-state index contributed by atoms with van der Waals surface area (Å²) in [7, 11) is 0. The fourth-order valence-electron chi connectivity index (χ4n) is 2.69. The lowest BCUT2D eigenvalue weighted by molar-refractivity contribution is 0.309. The molecule has 0 aliphatic heterocycles. The van der Waals surface area contributed by atoms with Gasteiger partial charge in [-0.15, -0.1) is 0 Å². The largest absolute Gasteiger partial charge is 0.359 e. The van der Waals surface area contributed by atoms with Crippen LogP contribution in [0.3, 0.4) is 0 Å². The molecule has 2 atom stereocenters. The van der Waals surface area contributed by atoms with Gasteiger partial charge in [-0.2, -0.15) is 0 Å². The molecule has 0 aromatic heterocycles. The minimum absolute atomic E-state index is 0.531. The van der Waals surface area contributed by atoms with Crippen LogP contribution in [0.4, 0.5) is 5.69 Å². The van der Waals surface area contributed by atoms with Crippen LogP contribution >= 0.6 is 12.2 Å². The summed E-state index contributed by atoms with van der Waals surface area (Å²) < 4.78 is 0. The molecule has 2 rings (SSSR count). The minimum Gasteiger partial charge on any atom is -0.359 e. The van der Waals surface area contributed by atoms with Crippen molar-refractivity contribution in [3.63, 3.8) is 0 Å². The first kappa shape index (κ1) is 14.3. The van der Waals surface area contributed by atoms with E-state index in [0.29, 0.717) is 6.04 Å². The van der Waals surface area contributed by atoms with Gasteiger partial charge in [-0.3, -0.25) is 0 Å². The first-order chi connectivity index (χ1) is 9.19. The summed E-state index contributed by atoms with van der Waals surface area (Å²) in [6.45, 7) is 4.48. The van der Waals surface area contributed by atoms with Crippen LogP contribution in [0.2, 0.25) is 0 Å². The zero-order valence-corrected chi connectivity index (χ0v) is 12.7. The molecule has 0 heterocycles. The van der Waals surface area contributed by atoms with Gasteiger partial charge in [0.05, 0.1) is 0 Å². The van der Waals surface area contributed by atoms with Crippen LogP contribution in [0.15, 0.2) is 24.3 Å². The second-order valence-corrected chi connectivity index (χ2v) is 5.93. The Labute approximate surface area is 122 Å². The molecule has 2 nitrogen and oxygen atoms in total. The van der Waals surface area contributed by atoms with Crippen molar-refractivity contribution in [2.45, 2.75) is 52.0 Å². The van der Waals surface area contributed by atoms with Crippen molar-refractivity contribution < 1.29 is 0 Å². The first-order valence-electron chi connectivity index (χ1n) is 7.35. The molecule has 104 valence electrons. The highest BCUT2D eigenvalue weighted by Crippen LogP contribution is 2.23. The standard InChI is InChI=1S/C16H24N2S/c1-3-13-8-10-14(11-9-13)17-16(19)18-15-7-5-4-6-12(15)2/h8-12,15H,3-7H2,1-2H3,(H2,17,18,19)/t12-,15+/m1/s1. The topological polar surface area (TPSA) is 24.1 Å². The van der Waals surface area contributed by atoms with Crippen molar-refractivity contribution in [2.75, 3.05) is 5.32 Å². The van der Waals surface area contributed by atoms with E-state index >= 15 is 0 Å². The molecule has 1 aliphatic carbocycles. The SMILES string of the molecule is CCc1ccc(NC(=S)N[C@H]2CCCC[C@H]2C)cc1. The Morgan fingerprint density at radius 3 is 2.53 bits per heavy atom. The summed E-state index contributed by atoms with van der Waals surface area (Å²) in [6.07, 6.45) is 6.29. The molecular formula is C16H24N2S. The molecule has 0 amide bonds. The number of benzene rings is 1. The molecule has 19 heavy (non-hydrogen) atoms. The average Bonchev–Trinajstić information content (AvgIpc) is 2.42. The fourth-order valence-corrected chi connectivity index (χ4v) is 2.96. The lowest BCUT2D eigenvalue weighted by Gasteiger charge is -2.30. The predicted molar refractivity (Wildman–Crippen MR) is 86.6 cm³/mol. The van der Waals surface area contributed by atoms with Crippen molar-refractivity contribution >= 4 is 23.0 Å². The molecule has 2 N–H and O–H groups in total. The van der Waals surface area contributed by atoms with E-state index in [4.69, 9.17) is 12.2 Å². The van der Waals surface area contributed by atoms with Gasteiger partial charge in [0.1, 0.15) is 0 Å². The number of hydrogen-bond donors (Lipinski definition) is 2. The number of nitrogens with one attached hydrogen (secondary N) is 2. The fraction of sp³-hybridized carbons (Fsp3) is 0.562. The number of anilines is 1. The molecule has 0 saturated heterocycles. The Kier molecular flexibility index (Phi) is 5.20. The quantitative estimate of drug-likeness (QED) is 0.812. The van der Waals surface area contributed by atoms with Gasteiger partial charge in [-0.1, -0.05) is 38.8 Å². The Hall–Kier alpha value is -1.09. The number of hydrogen-bond acceptors (Lipinski definition) is 1. The Bertz CT molecular complexity index is 413. The Morgan fingerprint density at radius 2 is 1.89 bits per heavy atom. The Morgan fingerprint density at radius 1 is 1.21 bits per heavy atom. The van der Waals surface area contributed by atoms with Crippen LogP contribution in [0.1, 0.15) is 45.1 Å². The highest BCUT2D eigenvalue weighted by molar-refractivity contribution is 7.80. The smallest absolute Gasteiger partial charge is 0.171 e. The second-order valence-electron chi connectivity index (χ2n) is 5.52. The van der Waals surface area contributed by atoms with Gasteiger partial charge in [0.15, 0.2) is 5.11 Å². The first-order valence-corrected chi connectivity index (χ1v) is 7.76. The third kappa shape index (κ3) is 4.20. The van der Waals surface area contributed by atoms with E-state index in [-0.39, 0.29) is 0 Å². The van der Waals surface area contributed by atoms with Gasteiger partial charge in [0.2, 0.25) is 0 Å². The normalized spacial score (nSPS) is 22.8. The lowest BCUT2D eigenvalue weighted by Crippen LogP contribution is -2.43. The van der Waals surface area contributed by atoms with Crippen LogP contribution in [-0.2, 0) is 6.42 Å². The summed E-state index contributed by atoms with van der Waals surface area (Å²) in [5.74, 6) is 0.718. The summed E-state index contributed by atoms with van der Waals surface area (Å²) in [4.78, 5) is 0. The van der Waals surface area contributed by atoms with Gasteiger partial charge in [0.25, 0.3) is 0 Å². The van der Waals surface area contributed by atoms with Crippen molar-refractivity contribution in [3.8, 4) is 0 Å². The zero-order valence-electron chi connectivity index (χ0n) is 11.9. The van der Waals surface area contributed by atoms with E-state index in [1.54, 1.807) is 0 Å². The number of aryl methyl sites for hydroxylation is 1. The molecule has 1 aromatic rings. The molecule has 1 aromatic carbocycles. The molecule has 0 radical (unpaired) electrons. The summed E-state index contributed by atoms with van der Waals surface area (Å²) in [5, 5.41) is 7.50. The van der Waals surface area contributed by atoms with E-state index in [0.717, 1.165) is 23.1 Å². The maximum Gasteiger partial charge on any atom is 0.171 e. The van der Waals surface area contributed by atoms with Crippen molar-refractivity contribution in [1.82, 2.24) is 5.32 Å². The second kappa shape index (κ2) is 6.90. The third-order valence-corrected chi connectivity index (χ3v) is 4.27. The molecule has 0 bridgehead atoms. The van der Waals surface area contributed by atoms with E-state index in [9.17, 15) is 0 Å². The van der Waals surface area contributed by atoms with Crippen LogP contribution in [-0.4, -0.2) is 11.2 Å². The maximum absolute atomic E-state index is 5.41. The van der Waals surface area contributed by atoms with E-state index in [1.807, 2.05) is 0 Å². The maximum atomic E-state index is 5.41. The molecule has 1 aliphatic rings. The molecule has 1 saturated carbocycles. The third-order valence-electron chi connectivity index (χ3n) is 4.05. The predicted octanol–water partition coefficient (Wildman–Crippen LogP) is 4.11. The summed E-state index contributed by atoms with van der Waals surface area (Å²) in [5.41, 5.74) is 2.42. The zero-order chi connectivity index (χ0) is 13.7. The molecular weight excluding hydrogens is 252 g/mol. The van der Waals surface area contributed by atoms with Crippen LogP contribution in [0.25, 0.3) is 0 Å². The van der Waals surface area contributed by atoms with E-state index < -0.39 is 0 Å². The summed E-state index contributed by atoms with van der Waals surface area (Å²) in [6, 6.07) is 9.01. The highest BCUT2D eigenvalue weighted by atomic mass is 32.1. The van der Waals surface area contributed by atoms with Gasteiger partial charge in [0, 0.05) is 11.7 Å². The van der Waals surface area contributed by atoms with Gasteiger partial charge in [-0.05, 0) is 55.1 Å². The minimum atomic E-state index is 0.531. The molecule has 0 spiro atoms. The van der Waals surface area contributed by atoms with Crippen molar-refractivity contribution in [3.05, 3.63) is 29.8 Å². The van der Waals surface area contributed by atoms with Crippen LogP contribution in [0.5, 0.6) is 0 Å². The van der Waals surface area contributed by atoms with Crippen LogP contribution in [0, 0.1) is 5.92 Å². The lowest BCUT2D eigenvalue weighted by atomic mass is 9.86. The van der Waals surface area contributed by atoms with E-state index in [2.05, 4.69) is 48.7 Å². The Balaban J connectivity index is 1.86. The number of thiocarbonyl (C=S) groups is 1. The van der Waals surface area contributed by atoms with Gasteiger partial charge >= 0.3 is 0 Å².